The van der Waals surface area contributed by atoms with Gasteiger partial charge in [0.2, 0.25) is 15.9 Å². The maximum atomic E-state index is 12.5. The number of aryl methyl sites for hydroxylation is 1. The summed E-state index contributed by atoms with van der Waals surface area (Å²) in [5.41, 5.74) is 1.66. The largest absolute Gasteiger partial charge is 0.312 e. The lowest BCUT2D eigenvalue weighted by atomic mass is 10.2. The lowest BCUT2D eigenvalue weighted by molar-refractivity contribution is -0.385. The van der Waals surface area contributed by atoms with Crippen LogP contribution in [0.5, 0.6) is 0 Å². The Morgan fingerprint density at radius 1 is 1.19 bits per heavy atom. The van der Waals surface area contributed by atoms with E-state index in [1.807, 2.05) is 0 Å². The quantitative estimate of drug-likeness (QED) is 0.603. The van der Waals surface area contributed by atoms with Crippen molar-refractivity contribution in [3.05, 3.63) is 63.7 Å². The molecule has 1 aliphatic heterocycles. The zero-order valence-corrected chi connectivity index (χ0v) is 15.5. The lowest BCUT2D eigenvalue weighted by Crippen LogP contribution is -2.25. The summed E-state index contributed by atoms with van der Waals surface area (Å²) in [6, 6.07) is 10.8. The molecule has 2 aromatic carbocycles. The third-order valence-electron chi connectivity index (χ3n) is 4.46. The maximum Gasteiger partial charge on any atom is 0.270 e. The van der Waals surface area contributed by atoms with Gasteiger partial charge in [0.15, 0.2) is 0 Å². The van der Waals surface area contributed by atoms with Gasteiger partial charge in [-0.25, -0.2) is 13.1 Å². The first-order chi connectivity index (χ1) is 12.8. The Hall–Kier alpha value is -2.78. The third-order valence-corrected chi connectivity index (χ3v) is 6.00. The number of nitrogens with zero attached hydrogens (tertiary/aromatic N) is 2. The number of nitro groups is 1. The van der Waals surface area contributed by atoms with Crippen LogP contribution in [0.1, 0.15) is 24.0 Å². The number of nitrogens with one attached hydrogen (secondary N) is 1. The number of amides is 1. The minimum absolute atomic E-state index is 0.0404. The maximum absolute atomic E-state index is 12.5. The van der Waals surface area contributed by atoms with Gasteiger partial charge in [-0.15, -0.1) is 0 Å². The van der Waals surface area contributed by atoms with Gasteiger partial charge in [-0.2, -0.15) is 0 Å². The molecule has 27 heavy (non-hydrogen) atoms. The van der Waals surface area contributed by atoms with Gasteiger partial charge in [0, 0.05) is 37.3 Å². The monoisotopic (exact) mass is 389 g/mol. The average Bonchev–Trinajstić information content (AvgIpc) is 3.06. The van der Waals surface area contributed by atoms with Gasteiger partial charge >= 0.3 is 0 Å². The van der Waals surface area contributed by atoms with E-state index in [4.69, 9.17) is 0 Å². The molecule has 1 aliphatic rings. The Morgan fingerprint density at radius 2 is 1.89 bits per heavy atom. The molecule has 0 aromatic heterocycles. The van der Waals surface area contributed by atoms with Crippen molar-refractivity contribution < 1.29 is 18.1 Å². The third kappa shape index (κ3) is 4.15. The second kappa shape index (κ2) is 7.45. The van der Waals surface area contributed by atoms with E-state index in [1.165, 1.54) is 12.1 Å². The SMILES string of the molecule is Cc1ccc([N+](=O)[O-])cc1S(=O)(=O)NCc1ccc(N2CCCC2=O)cc1. The van der Waals surface area contributed by atoms with Crippen molar-refractivity contribution in [1.29, 1.82) is 0 Å². The molecule has 1 amide bonds. The molecule has 0 radical (unpaired) electrons. The van der Waals surface area contributed by atoms with E-state index in [1.54, 1.807) is 36.1 Å². The molecule has 0 atom stereocenters. The molecule has 0 spiro atoms. The van der Waals surface area contributed by atoms with Gasteiger partial charge in [-0.05, 0) is 36.6 Å². The highest BCUT2D eigenvalue weighted by atomic mass is 32.2. The van der Waals surface area contributed by atoms with Crippen molar-refractivity contribution in [1.82, 2.24) is 4.72 Å². The van der Waals surface area contributed by atoms with Crippen LogP contribution in [0.25, 0.3) is 0 Å². The molecule has 0 saturated carbocycles. The predicted octanol–water partition coefficient (Wildman–Crippen LogP) is 2.51. The Labute approximate surface area is 157 Å². The first-order valence-corrected chi connectivity index (χ1v) is 9.90. The highest BCUT2D eigenvalue weighted by Crippen LogP contribution is 2.23. The zero-order chi connectivity index (χ0) is 19.6. The number of carbonyl (C=O) groups is 1. The van der Waals surface area contributed by atoms with Crippen LogP contribution in [0.3, 0.4) is 0 Å². The van der Waals surface area contributed by atoms with Crippen LogP contribution in [0.4, 0.5) is 11.4 Å². The molecule has 1 fully saturated rings. The zero-order valence-electron chi connectivity index (χ0n) is 14.7. The summed E-state index contributed by atoms with van der Waals surface area (Å²) in [6.07, 6.45) is 1.38. The first-order valence-electron chi connectivity index (χ1n) is 8.42. The average molecular weight is 389 g/mol. The number of carbonyl (C=O) groups excluding carboxylic acids is 1. The molecule has 142 valence electrons. The van der Waals surface area contributed by atoms with E-state index in [-0.39, 0.29) is 23.0 Å². The van der Waals surface area contributed by atoms with E-state index in [0.29, 0.717) is 18.5 Å². The molecule has 1 N–H and O–H groups in total. The van der Waals surface area contributed by atoms with E-state index in [0.717, 1.165) is 23.7 Å². The summed E-state index contributed by atoms with van der Waals surface area (Å²) in [5.74, 6) is 0.0876. The molecule has 3 rings (SSSR count). The molecule has 0 bridgehead atoms. The minimum Gasteiger partial charge on any atom is -0.312 e. The number of rotatable bonds is 6. The first kappa shape index (κ1) is 19.0. The second-order valence-corrected chi connectivity index (χ2v) is 8.08. The normalized spacial score (nSPS) is 14.6. The summed E-state index contributed by atoms with van der Waals surface area (Å²) in [4.78, 5) is 23.6. The lowest BCUT2D eigenvalue weighted by Gasteiger charge is -2.16. The molecule has 1 heterocycles. The topological polar surface area (TPSA) is 110 Å². The fourth-order valence-electron chi connectivity index (χ4n) is 2.96. The van der Waals surface area contributed by atoms with Gasteiger partial charge in [-0.3, -0.25) is 14.9 Å². The smallest absolute Gasteiger partial charge is 0.270 e. The Morgan fingerprint density at radius 3 is 2.48 bits per heavy atom. The molecule has 0 unspecified atom stereocenters. The fourth-order valence-corrected chi connectivity index (χ4v) is 4.24. The Bertz CT molecular complexity index is 987. The van der Waals surface area contributed by atoms with Gasteiger partial charge in [0.25, 0.3) is 5.69 Å². The molecule has 1 saturated heterocycles. The van der Waals surface area contributed by atoms with Crippen LogP contribution >= 0.6 is 0 Å². The summed E-state index contributed by atoms with van der Waals surface area (Å²) in [5, 5.41) is 10.9. The van der Waals surface area contributed by atoms with Crippen LogP contribution in [-0.4, -0.2) is 25.8 Å². The molecule has 2 aromatic rings. The highest BCUT2D eigenvalue weighted by molar-refractivity contribution is 7.89. The fraction of sp³-hybridized carbons (Fsp3) is 0.278. The minimum atomic E-state index is -3.90. The van der Waals surface area contributed by atoms with Crippen LogP contribution in [-0.2, 0) is 21.4 Å². The molecular weight excluding hydrogens is 370 g/mol. The number of nitro benzene ring substituents is 1. The molecule has 9 heteroatoms. The van der Waals surface area contributed by atoms with Crippen molar-refractivity contribution in [2.45, 2.75) is 31.2 Å². The van der Waals surface area contributed by atoms with Crippen molar-refractivity contribution in [3.8, 4) is 0 Å². The standard InChI is InChI=1S/C18H19N3O5S/c1-13-4-7-16(21(23)24)11-17(13)27(25,26)19-12-14-5-8-15(9-6-14)20-10-2-3-18(20)22/h4-9,11,19H,2-3,10,12H2,1H3. The number of hydrogen-bond acceptors (Lipinski definition) is 5. The van der Waals surface area contributed by atoms with Gasteiger partial charge in [0.05, 0.1) is 9.82 Å². The van der Waals surface area contributed by atoms with Crippen LogP contribution in [0.2, 0.25) is 0 Å². The van der Waals surface area contributed by atoms with E-state index in [9.17, 15) is 23.3 Å². The van der Waals surface area contributed by atoms with E-state index < -0.39 is 14.9 Å². The Kier molecular flexibility index (Phi) is 5.24. The molecule has 8 nitrogen and oxygen atoms in total. The number of sulfonamides is 1. The van der Waals surface area contributed by atoms with Gasteiger partial charge in [0.1, 0.15) is 0 Å². The van der Waals surface area contributed by atoms with Crippen molar-refractivity contribution in [2.24, 2.45) is 0 Å². The van der Waals surface area contributed by atoms with Crippen molar-refractivity contribution in [2.75, 3.05) is 11.4 Å². The molecule has 0 aliphatic carbocycles. The van der Waals surface area contributed by atoms with Gasteiger partial charge in [-0.1, -0.05) is 18.2 Å². The second-order valence-electron chi connectivity index (χ2n) is 6.35. The van der Waals surface area contributed by atoms with Crippen LogP contribution in [0.15, 0.2) is 47.4 Å². The van der Waals surface area contributed by atoms with Crippen molar-refractivity contribution in [3.63, 3.8) is 0 Å². The van der Waals surface area contributed by atoms with E-state index in [2.05, 4.69) is 4.72 Å². The highest BCUT2D eigenvalue weighted by Gasteiger charge is 2.22. The molecular formula is C18H19N3O5S. The summed E-state index contributed by atoms with van der Waals surface area (Å²) in [7, 11) is -3.90. The van der Waals surface area contributed by atoms with Crippen molar-refractivity contribution >= 4 is 27.3 Å². The number of anilines is 1. The number of benzene rings is 2. The number of hydrogen-bond donors (Lipinski definition) is 1. The summed E-state index contributed by atoms with van der Waals surface area (Å²) in [6.45, 7) is 2.32. The van der Waals surface area contributed by atoms with E-state index >= 15 is 0 Å². The van der Waals surface area contributed by atoms with Crippen LogP contribution < -0.4 is 9.62 Å². The summed E-state index contributed by atoms with van der Waals surface area (Å²) < 4.78 is 27.5. The van der Waals surface area contributed by atoms with Crippen LogP contribution in [0, 0.1) is 17.0 Å². The van der Waals surface area contributed by atoms with Gasteiger partial charge < -0.3 is 4.90 Å². The Balaban J connectivity index is 1.73. The number of non-ortho nitro benzene ring substituents is 1. The summed E-state index contributed by atoms with van der Waals surface area (Å²) >= 11 is 0. The predicted molar refractivity (Wildman–Crippen MR) is 99.9 cm³/mol.